The van der Waals surface area contributed by atoms with Crippen molar-refractivity contribution < 1.29 is 14.0 Å². The molecule has 1 aromatic heterocycles. The molecule has 1 fully saturated rings. The minimum atomic E-state index is -0.843. The first-order valence-electron chi connectivity index (χ1n) is 6.89. The first kappa shape index (κ1) is 14.6. The predicted octanol–water partition coefficient (Wildman–Crippen LogP) is 1.31. The van der Waals surface area contributed by atoms with Gasteiger partial charge in [-0.25, -0.2) is 4.98 Å². The highest BCUT2D eigenvalue weighted by atomic mass is 16.4. The second kappa shape index (κ2) is 5.26. The molecule has 0 saturated carbocycles. The largest absolute Gasteiger partial charge is 0.444 e. The summed E-state index contributed by atoms with van der Waals surface area (Å²) >= 11 is 0. The van der Waals surface area contributed by atoms with E-state index in [0.29, 0.717) is 31.8 Å². The number of carbonyl (C=O) groups is 2. The molecule has 1 aliphatic rings. The third kappa shape index (κ3) is 2.69. The summed E-state index contributed by atoms with van der Waals surface area (Å²) in [5.74, 6) is 1.10. The van der Waals surface area contributed by atoms with E-state index in [9.17, 15) is 9.59 Å². The third-order valence-corrected chi connectivity index (χ3v) is 3.89. The maximum Gasteiger partial charge on any atom is 0.248 e. The van der Waals surface area contributed by atoms with Crippen molar-refractivity contribution in [1.82, 2.24) is 15.2 Å². The van der Waals surface area contributed by atoms with Crippen LogP contribution in [-0.2, 0) is 16.1 Å². The average molecular weight is 279 g/mol. The van der Waals surface area contributed by atoms with Crippen LogP contribution in [0.5, 0.6) is 0 Å². The molecule has 0 radical (unpaired) electrons. The smallest absolute Gasteiger partial charge is 0.248 e. The van der Waals surface area contributed by atoms with Gasteiger partial charge in [0.25, 0.3) is 0 Å². The van der Waals surface area contributed by atoms with Crippen LogP contribution >= 0.6 is 0 Å². The lowest BCUT2D eigenvalue weighted by atomic mass is 9.97. The fraction of sp³-hybridized carbons (Fsp3) is 0.643. The number of aryl methyl sites for hydroxylation is 2. The number of nitrogens with one attached hydrogen (secondary N) is 1. The van der Waals surface area contributed by atoms with E-state index in [4.69, 9.17) is 4.42 Å². The van der Waals surface area contributed by atoms with E-state index in [1.165, 1.54) is 0 Å². The van der Waals surface area contributed by atoms with Gasteiger partial charge in [0, 0.05) is 13.0 Å². The first-order chi connectivity index (χ1) is 9.35. The summed E-state index contributed by atoms with van der Waals surface area (Å²) in [7, 11) is 0. The minimum absolute atomic E-state index is 0.0839. The van der Waals surface area contributed by atoms with Gasteiger partial charge in [-0.2, -0.15) is 0 Å². The van der Waals surface area contributed by atoms with Crippen LogP contribution in [-0.4, -0.2) is 33.8 Å². The van der Waals surface area contributed by atoms with Crippen LogP contribution in [0.2, 0.25) is 0 Å². The molecule has 1 unspecified atom stereocenters. The van der Waals surface area contributed by atoms with Crippen molar-refractivity contribution in [2.24, 2.45) is 0 Å². The maximum absolute atomic E-state index is 12.6. The van der Waals surface area contributed by atoms with Crippen molar-refractivity contribution in [1.29, 1.82) is 0 Å². The van der Waals surface area contributed by atoms with Gasteiger partial charge in [0.1, 0.15) is 11.3 Å². The molecule has 2 heterocycles. The SMILES string of the molecule is CCC1(C)NC(=O)CCN(Cc2nc(C)c(C)o2)C1=O. The van der Waals surface area contributed by atoms with Gasteiger partial charge in [-0.15, -0.1) is 0 Å². The zero-order valence-corrected chi connectivity index (χ0v) is 12.4. The van der Waals surface area contributed by atoms with E-state index in [1.807, 2.05) is 20.8 Å². The molecule has 0 bridgehead atoms. The molecule has 6 nitrogen and oxygen atoms in total. The van der Waals surface area contributed by atoms with Gasteiger partial charge in [-0.05, 0) is 27.2 Å². The van der Waals surface area contributed by atoms with Crippen LogP contribution in [0, 0.1) is 13.8 Å². The van der Waals surface area contributed by atoms with Gasteiger partial charge in [0.05, 0.1) is 12.2 Å². The molecule has 0 aromatic carbocycles. The second-order valence-electron chi connectivity index (χ2n) is 5.46. The lowest BCUT2D eigenvalue weighted by molar-refractivity contribution is -0.139. The number of hydrogen-bond donors (Lipinski definition) is 1. The number of hydrogen-bond acceptors (Lipinski definition) is 4. The fourth-order valence-corrected chi connectivity index (χ4v) is 2.27. The fourth-order valence-electron chi connectivity index (χ4n) is 2.27. The van der Waals surface area contributed by atoms with E-state index in [1.54, 1.807) is 11.8 Å². The van der Waals surface area contributed by atoms with Crippen molar-refractivity contribution >= 4 is 11.8 Å². The zero-order valence-electron chi connectivity index (χ0n) is 12.4. The second-order valence-corrected chi connectivity index (χ2v) is 5.46. The van der Waals surface area contributed by atoms with Crippen LogP contribution in [0.25, 0.3) is 0 Å². The summed E-state index contributed by atoms with van der Waals surface area (Å²) in [4.78, 5) is 30.3. The van der Waals surface area contributed by atoms with Gasteiger partial charge in [0.15, 0.2) is 0 Å². The predicted molar refractivity (Wildman–Crippen MR) is 72.8 cm³/mol. The number of carbonyl (C=O) groups excluding carboxylic acids is 2. The Morgan fingerprint density at radius 1 is 1.40 bits per heavy atom. The van der Waals surface area contributed by atoms with E-state index < -0.39 is 5.54 Å². The van der Waals surface area contributed by atoms with Crippen molar-refractivity contribution in [2.75, 3.05) is 6.54 Å². The zero-order chi connectivity index (χ0) is 14.9. The number of amides is 2. The molecule has 20 heavy (non-hydrogen) atoms. The Bertz CT molecular complexity index is 518. The lowest BCUT2D eigenvalue weighted by Gasteiger charge is -2.30. The number of oxazole rings is 1. The molecule has 0 spiro atoms. The minimum Gasteiger partial charge on any atom is -0.444 e. The molecule has 1 aromatic rings. The normalized spacial score (nSPS) is 23.7. The third-order valence-electron chi connectivity index (χ3n) is 3.89. The van der Waals surface area contributed by atoms with Gasteiger partial charge >= 0.3 is 0 Å². The van der Waals surface area contributed by atoms with Crippen LogP contribution in [0.1, 0.15) is 44.0 Å². The standard InChI is InChI=1S/C14H21N3O3/c1-5-14(4)13(19)17(7-6-11(18)16-14)8-12-15-9(2)10(3)20-12/h5-8H2,1-4H3,(H,16,18). The number of rotatable bonds is 3. The Morgan fingerprint density at radius 3 is 2.65 bits per heavy atom. The molecule has 1 atom stereocenters. The van der Waals surface area contributed by atoms with Crippen LogP contribution in [0.15, 0.2) is 4.42 Å². The van der Waals surface area contributed by atoms with Crippen LogP contribution in [0.4, 0.5) is 0 Å². The first-order valence-corrected chi connectivity index (χ1v) is 6.89. The van der Waals surface area contributed by atoms with E-state index in [0.717, 1.165) is 11.5 Å². The van der Waals surface area contributed by atoms with Crippen molar-refractivity contribution in [3.05, 3.63) is 17.3 Å². The van der Waals surface area contributed by atoms with Gasteiger partial charge in [0.2, 0.25) is 17.7 Å². The molecule has 2 amide bonds. The monoisotopic (exact) mass is 279 g/mol. The van der Waals surface area contributed by atoms with Crippen molar-refractivity contribution in [3.63, 3.8) is 0 Å². The van der Waals surface area contributed by atoms with Crippen LogP contribution in [0.3, 0.4) is 0 Å². The summed E-state index contributed by atoms with van der Waals surface area (Å²) < 4.78 is 5.52. The van der Waals surface area contributed by atoms with Gasteiger partial charge in [-0.1, -0.05) is 6.92 Å². The molecule has 0 aliphatic carbocycles. The Balaban J connectivity index is 2.21. The molecular weight excluding hydrogens is 258 g/mol. The van der Waals surface area contributed by atoms with Gasteiger partial charge in [-0.3, -0.25) is 9.59 Å². The molecule has 1 N–H and O–H groups in total. The van der Waals surface area contributed by atoms with E-state index >= 15 is 0 Å². The van der Waals surface area contributed by atoms with Crippen LogP contribution < -0.4 is 5.32 Å². The summed E-state index contributed by atoms with van der Waals surface area (Å²) in [6, 6.07) is 0. The molecule has 2 rings (SSSR count). The molecular formula is C14H21N3O3. The summed E-state index contributed by atoms with van der Waals surface area (Å²) in [5, 5.41) is 2.81. The lowest BCUT2D eigenvalue weighted by Crippen LogP contribution is -2.54. The van der Waals surface area contributed by atoms with E-state index in [2.05, 4.69) is 10.3 Å². The molecule has 6 heteroatoms. The molecule has 110 valence electrons. The summed E-state index contributed by atoms with van der Waals surface area (Å²) in [6.07, 6.45) is 0.859. The summed E-state index contributed by atoms with van der Waals surface area (Å²) in [6.45, 7) is 8.06. The van der Waals surface area contributed by atoms with Gasteiger partial charge < -0.3 is 14.6 Å². The Hall–Kier alpha value is -1.85. The molecule has 1 aliphatic heterocycles. The summed E-state index contributed by atoms with van der Waals surface area (Å²) in [5.41, 5.74) is -0.0145. The highest BCUT2D eigenvalue weighted by Gasteiger charge is 2.39. The Kier molecular flexibility index (Phi) is 3.83. The highest BCUT2D eigenvalue weighted by molar-refractivity contribution is 5.93. The highest BCUT2D eigenvalue weighted by Crippen LogP contribution is 2.20. The number of nitrogens with zero attached hydrogens (tertiary/aromatic N) is 2. The average Bonchev–Trinajstić information content (AvgIpc) is 2.66. The molecule has 1 saturated heterocycles. The van der Waals surface area contributed by atoms with Crippen molar-refractivity contribution in [3.8, 4) is 0 Å². The topological polar surface area (TPSA) is 75.4 Å². The number of aromatic nitrogens is 1. The van der Waals surface area contributed by atoms with Crippen molar-refractivity contribution in [2.45, 2.75) is 52.6 Å². The Morgan fingerprint density at radius 2 is 2.10 bits per heavy atom. The Labute approximate surface area is 118 Å². The maximum atomic E-state index is 12.6. The quantitative estimate of drug-likeness (QED) is 0.905. The van der Waals surface area contributed by atoms with E-state index in [-0.39, 0.29) is 11.8 Å².